The SMILES string of the molecule is O=C(NCCOCC(F)F)C1CNCc2ccccc21. The van der Waals surface area contributed by atoms with E-state index in [0.717, 1.165) is 17.7 Å². The van der Waals surface area contributed by atoms with Crippen molar-refractivity contribution in [2.75, 3.05) is 26.3 Å². The molecule has 4 nitrogen and oxygen atoms in total. The number of carbonyl (C=O) groups is 1. The summed E-state index contributed by atoms with van der Waals surface area (Å²) in [5.74, 6) is -0.347. The molecular weight excluding hydrogens is 266 g/mol. The number of alkyl halides is 2. The van der Waals surface area contributed by atoms with E-state index in [4.69, 9.17) is 4.74 Å². The first kappa shape index (κ1) is 14.9. The number of fused-ring (bicyclic) bond motifs is 1. The van der Waals surface area contributed by atoms with E-state index in [0.29, 0.717) is 6.54 Å². The number of nitrogens with one attached hydrogen (secondary N) is 2. The van der Waals surface area contributed by atoms with Crippen LogP contribution in [-0.4, -0.2) is 38.6 Å². The third-order valence-corrected chi connectivity index (χ3v) is 3.20. The molecule has 0 fully saturated rings. The van der Waals surface area contributed by atoms with E-state index >= 15 is 0 Å². The van der Waals surface area contributed by atoms with Crippen LogP contribution in [0.5, 0.6) is 0 Å². The van der Waals surface area contributed by atoms with Crippen LogP contribution in [0.2, 0.25) is 0 Å². The highest BCUT2D eigenvalue weighted by Crippen LogP contribution is 2.23. The smallest absolute Gasteiger partial charge is 0.261 e. The fourth-order valence-corrected chi connectivity index (χ4v) is 2.27. The van der Waals surface area contributed by atoms with Crippen LogP contribution in [0.1, 0.15) is 17.0 Å². The maximum absolute atomic E-state index is 12.1. The second kappa shape index (κ2) is 7.31. The van der Waals surface area contributed by atoms with Crippen LogP contribution < -0.4 is 10.6 Å². The zero-order valence-corrected chi connectivity index (χ0v) is 11.1. The van der Waals surface area contributed by atoms with Crippen molar-refractivity contribution >= 4 is 5.91 Å². The lowest BCUT2D eigenvalue weighted by Crippen LogP contribution is -2.40. The maximum Gasteiger partial charge on any atom is 0.261 e. The number of carbonyl (C=O) groups excluding carboxylic acids is 1. The first-order valence-electron chi connectivity index (χ1n) is 6.60. The fraction of sp³-hybridized carbons (Fsp3) is 0.500. The minimum Gasteiger partial charge on any atom is -0.374 e. The van der Waals surface area contributed by atoms with Gasteiger partial charge in [-0.2, -0.15) is 0 Å². The van der Waals surface area contributed by atoms with Gasteiger partial charge in [0.05, 0.1) is 12.5 Å². The van der Waals surface area contributed by atoms with Gasteiger partial charge < -0.3 is 15.4 Å². The Labute approximate surface area is 116 Å². The lowest BCUT2D eigenvalue weighted by Gasteiger charge is -2.25. The number of hydrogen-bond acceptors (Lipinski definition) is 3. The summed E-state index contributed by atoms with van der Waals surface area (Å²) in [6, 6.07) is 7.80. The molecule has 0 saturated carbocycles. The van der Waals surface area contributed by atoms with Crippen LogP contribution in [0, 0.1) is 0 Å². The van der Waals surface area contributed by atoms with Crippen LogP contribution in [0.4, 0.5) is 8.78 Å². The summed E-state index contributed by atoms with van der Waals surface area (Å²) in [6.45, 7) is 1.09. The molecule has 1 aliphatic heterocycles. The summed E-state index contributed by atoms with van der Waals surface area (Å²) in [5, 5.41) is 5.92. The molecular formula is C14H18F2N2O2. The van der Waals surface area contributed by atoms with Gasteiger partial charge in [0.2, 0.25) is 5.91 Å². The van der Waals surface area contributed by atoms with Crippen molar-refractivity contribution in [3.05, 3.63) is 35.4 Å². The number of amides is 1. The molecule has 20 heavy (non-hydrogen) atoms. The van der Waals surface area contributed by atoms with Gasteiger partial charge in [-0.05, 0) is 11.1 Å². The van der Waals surface area contributed by atoms with Gasteiger partial charge in [0.15, 0.2) is 0 Å². The summed E-state index contributed by atoms with van der Waals surface area (Å²) >= 11 is 0. The van der Waals surface area contributed by atoms with Crippen molar-refractivity contribution in [1.82, 2.24) is 10.6 Å². The van der Waals surface area contributed by atoms with Crippen molar-refractivity contribution < 1.29 is 18.3 Å². The zero-order valence-electron chi connectivity index (χ0n) is 11.1. The largest absolute Gasteiger partial charge is 0.374 e. The topological polar surface area (TPSA) is 50.4 Å². The van der Waals surface area contributed by atoms with Gasteiger partial charge in [0.1, 0.15) is 6.61 Å². The number of halogens is 2. The Balaban J connectivity index is 1.82. The molecule has 1 atom stereocenters. The molecule has 0 saturated heterocycles. The van der Waals surface area contributed by atoms with Crippen LogP contribution in [-0.2, 0) is 16.1 Å². The lowest BCUT2D eigenvalue weighted by atomic mass is 9.90. The highest BCUT2D eigenvalue weighted by molar-refractivity contribution is 5.84. The predicted molar refractivity (Wildman–Crippen MR) is 70.7 cm³/mol. The first-order valence-corrected chi connectivity index (χ1v) is 6.60. The summed E-state index contributed by atoms with van der Waals surface area (Å²) < 4.78 is 28.4. The molecule has 0 radical (unpaired) electrons. The minimum atomic E-state index is -2.47. The molecule has 0 bridgehead atoms. The monoisotopic (exact) mass is 284 g/mol. The fourth-order valence-electron chi connectivity index (χ4n) is 2.27. The lowest BCUT2D eigenvalue weighted by molar-refractivity contribution is -0.122. The van der Waals surface area contributed by atoms with Crippen LogP contribution in [0.3, 0.4) is 0 Å². The van der Waals surface area contributed by atoms with Gasteiger partial charge in [0, 0.05) is 19.6 Å². The molecule has 1 aromatic rings. The Morgan fingerprint density at radius 2 is 2.25 bits per heavy atom. The molecule has 1 aliphatic rings. The number of benzene rings is 1. The first-order chi connectivity index (χ1) is 9.68. The average molecular weight is 284 g/mol. The summed E-state index contributed by atoms with van der Waals surface area (Å²) in [7, 11) is 0. The minimum absolute atomic E-state index is 0.0951. The van der Waals surface area contributed by atoms with E-state index in [2.05, 4.69) is 10.6 Å². The normalized spacial score (nSPS) is 17.9. The van der Waals surface area contributed by atoms with Gasteiger partial charge in [0.25, 0.3) is 6.43 Å². The van der Waals surface area contributed by atoms with E-state index < -0.39 is 13.0 Å². The average Bonchev–Trinajstić information content (AvgIpc) is 2.45. The highest BCUT2D eigenvalue weighted by atomic mass is 19.3. The Hall–Kier alpha value is -1.53. The molecule has 1 aromatic carbocycles. The Morgan fingerprint density at radius 3 is 3.05 bits per heavy atom. The van der Waals surface area contributed by atoms with E-state index in [1.165, 1.54) is 0 Å². The van der Waals surface area contributed by atoms with Crippen molar-refractivity contribution in [3.63, 3.8) is 0 Å². The van der Waals surface area contributed by atoms with E-state index in [1.807, 2.05) is 24.3 Å². The van der Waals surface area contributed by atoms with Gasteiger partial charge in [-0.25, -0.2) is 8.78 Å². The molecule has 110 valence electrons. The third kappa shape index (κ3) is 3.98. The molecule has 6 heteroatoms. The second-order valence-corrected chi connectivity index (χ2v) is 4.64. The van der Waals surface area contributed by atoms with Gasteiger partial charge in [-0.3, -0.25) is 4.79 Å². The predicted octanol–water partition coefficient (Wildman–Crippen LogP) is 1.27. The van der Waals surface area contributed by atoms with Gasteiger partial charge in [-0.1, -0.05) is 24.3 Å². The summed E-state index contributed by atoms with van der Waals surface area (Å²) in [5.41, 5.74) is 2.14. The molecule has 0 aliphatic carbocycles. The van der Waals surface area contributed by atoms with E-state index in [1.54, 1.807) is 0 Å². The molecule has 1 heterocycles. The van der Waals surface area contributed by atoms with E-state index in [9.17, 15) is 13.6 Å². The van der Waals surface area contributed by atoms with Crippen molar-refractivity contribution in [3.8, 4) is 0 Å². The van der Waals surface area contributed by atoms with Gasteiger partial charge >= 0.3 is 0 Å². The highest BCUT2D eigenvalue weighted by Gasteiger charge is 2.25. The number of rotatable bonds is 6. The second-order valence-electron chi connectivity index (χ2n) is 4.64. The van der Waals surface area contributed by atoms with Crippen molar-refractivity contribution in [2.45, 2.75) is 18.9 Å². The maximum atomic E-state index is 12.1. The zero-order chi connectivity index (χ0) is 14.4. The van der Waals surface area contributed by atoms with E-state index in [-0.39, 0.29) is 25.0 Å². The quantitative estimate of drug-likeness (QED) is 0.774. The number of ether oxygens (including phenoxy) is 1. The number of hydrogen-bond donors (Lipinski definition) is 2. The Kier molecular flexibility index (Phi) is 5.43. The summed E-state index contributed by atoms with van der Waals surface area (Å²) in [6.07, 6.45) is -2.47. The molecule has 0 aromatic heterocycles. The van der Waals surface area contributed by atoms with Gasteiger partial charge in [-0.15, -0.1) is 0 Å². The molecule has 1 unspecified atom stereocenters. The standard InChI is InChI=1S/C14H18F2N2O2/c15-13(16)9-20-6-5-18-14(19)12-8-17-7-10-3-1-2-4-11(10)12/h1-4,12-13,17H,5-9H2,(H,18,19). The van der Waals surface area contributed by atoms with Crippen LogP contribution >= 0.6 is 0 Å². The van der Waals surface area contributed by atoms with Crippen LogP contribution in [0.25, 0.3) is 0 Å². The van der Waals surface area contributed by atoms with Crippen molar-refractivity contribution in [1.29, 1.82) is 0 Å². The molecule has 0 spiro atoms. The third-order valence-electron chi connectivity index (χ3n) is 3.20. The molecule has 1 amide bonds. The molecule has 2 rings (SSSR count). The Morgan fingerprint density at radius 1 is 1.45 bits per heavy atom. The molecule has 2 N–H and O–H groups in total. The Bertz CT molecular complexity index is 455. The van der Waals surface area contributed by atoms with Crippen LogP contribution in [0.15, 0.2) is 24.3 Å². The van der Waals surface area contributed by atoms with Crippen molar-refractivity contribution in [2.24, 2.45) is 0 Å². The summed E-state index contributed by atoms with van der Waals surface area (Å²) in [4.78, 5) is 12.1.